The van der Waals surface area contributed by atoms with E-state index in [-0.39, 0.29) is 18.0 Å². The maximum Gasteiger partial charge on any atom is 0.234 e. The average molecular weight is 407 g/mol. The van der Waals surface area contributed by atoms with Crippen molar-refractivity contribution in [3.05, 3.63) is 39.7 Å². The van der Waals surface area contributed by atoms with Crippen molar-refractivity contribution >= 4 is 17.2 Å². The molecule has 0 aromatic carbocycles. The maximum atomic E-state index is 12.6. The average Bonchev–Trinajstić information content (AvgIpc) is 3.34. The van der Waals surface area contributed by atoms with Gasteiger partial charge in [0, 0.05) is 17.5 Å². The zero-order chi connectivity index (χ0) is 20.7. The summed E-state index contributed by atoms with van der Waals surface area (Å²) in [4.78, 5) is 22.8. The largest absolute Gasteiger partial charge is 0.468 e. The molecule has 2 rings (SSSR count). The molecule has 0 spiro atoms. The highest BCUT2D eigenvalue weighted by Gasteiger charge is 2.23. The molecular formula is C21H34N4O2S. The molecule has 0 aliphatic heterocycles. The Kier molecular flexibility index (Phi) is 8.66. The van der Waals surface area contributed by atoms with Gasteiger partial charge >= 0.3 is 0 Å². The Morgan fingerprint density at radius 1 is 1.32 bits per heavy atom. The highest BCUT2D eigenvalue weighted by atomic mass is 32.1. The van der Waals surface area contributed by atoms with Crippen LogP contribution in [0.5, 0.6) is 0 Å². The molecule has 2 atom stereocenters. The molecule has 28 heavy (non-hydrogen) atoms. The van der Waals surface area contributed by atoms with Gasteiger partial charge in [0.15, 0.2) is 0 Å². The summed E-state index contributed by atoms with van der Waals surface area (Å²) in [6, 6.07) is 4.08. The van der Waals surface area contributed by atoms with Crippen molar-refractivity contribution in [2.45, 2.75) is 53.1 Å². The molecule has 0 bridgehead atoms. The van der Waals surface area contributed by atoms with Crippen LogP contribution in [-0.2, 0) is 11.2 Å². The van der Waals surface area contributed by atoms with E-state index in [1.807, 2.05) is 26.1 Å². The number of aryl methyl sites for hydroxylation is 2. The molecule has 156 valence electrons. The van der Waals surface area contributed by atoms with Gasteiger partial charge in [0.25, 0.3) is 0 Å². The Balaban J connectivity index is 1.95. The highest BCUT2D eigenvalue weighted by Crippen LogP contribution is 2.28. The summed E-state index contributed by atoms with van der Waals surface area (Å²) >= 11 is 1.75. The van der Waals surface area contributed by atoms with Gasteiger partial charge in [0.1, 0.15) is 5.76 Å². The quantitative estimate of drug-likeness (QED) is 0.615. The van der Waals surface area contributed by atoms with Crippen LogP contribution in [0.25, 0.3) is 0 Å². The summed E-state index contributed by atoms with van der Waals surface area (Å²) < 4.78 is 5.61. The van der Waals surface area contributed by atoms with Gasteiger partial charge in [-0.05, 0) is 52.5 Å². The predicted octanol–water partition coefficient (Wildman–Crippen LogP) is 3.80. The molecule has 6 nitrogen and oxygen atoms in total. The lowest BCUT2D eigenvalue weighted by molar-refractivity contribution is -0.122. The Bertz CT molecular complexity index is 725. The molecule has 0 unspecified atom stereocenters. The van der Waals surface area contributed by atoms with Crippen molar-refractivity contribution in [2.75, 3.05) is 33.2 Å². The Morgan fingerprint density at radius 3 is 2.57 bits per heavy atom. The molecule has 0 saturated heterocycles. The standard InChI is InChI=1S/C21H34N4O2S/c1-7-20-23-15(4)21(28-20)16(5)24(6)14-19(26)22-13-17(25(8-2)9-3)18-11-10-12-27-18/h10-12,16-17H,7-9,13-14H2,1-6H3,(H,22,26)/t16-,17-/m1/s1. The van der Waals surface area contributed by atoms with Gasteiger partial charge in [-0.25, -0.2) is 4.98 Å². The summed E-state index contributed by atoms with van der Waals surface area (Å²) in [6.45, 7) is 13.2. The molecule has 1 N–H and O–H groups in total. The Morgan fingerprint density at radius 2 is 2.04 bits per heavy atom. The zero-order valence-corrected chi connectivity index (χ0v) is 18.8. The fraction of sp³-hybridized carbons (Fsp3) is 0.619. The van der Waals surface area contributed by atoms with Gasteiger partial charge in [0.2, 0.25) is 5.91 Å². The summed E-state index contributed by atoms with van der Waals surface area (Å²) in [7, 11) is 1.99. The molecule has 0 aliphatic carbocycles. The van der Waals surface area contributed by atoms with Crippen LogP contribution in [0.15, 0.2) is 22.8 Å². The third-order valence-corrected chi connectivity index (χ3v) is 6.70. The fourth-order valence-corrected chi connectivity index (χ4v) is 4.51. The van der Waals surface area contributed by atoms with E-state index >= 15 is 0 Å². The van der Waals surface area contributed by atoms with Crippen molar-refractivity contribution in [3.63, 3.8) is 0 Å². The van der Waals surface area contributed by atoms with Crippen LogP contribution in [-0.4, -0.2) is 53.9 Å². The molecule has 2 aromatic heterocycles. The van der Waals surface area contributed by atoms with Crippen molar-refractivity contribution in [3.8, 4) is 0 Å². The Hall–Kier alpha value is -1.70. The first-order valence-corrected chi connectivity index (χ1v) is 10.9. The van der Waals surface area contributed by atoms with E-state index in [0.29, 0.717) is 13.1 Å². The third-order valence-electron chi connectivity index (χ3n) is 5.23. The highest BCUT2D eigenvalue weighted by molar-refractivity contribution is 7.11. The van der Waals surface area contributed by atoms with Crippen LogP contribution >= 0.6 is 11.3 Å². The number of hydrogen-bond donors (Lipinski definition) is 1. The van der Waals surface area contributed by atoms with Crippen LogP contribution in [0.3, 0.4) is 0 Å². The lowest BCUT2D eigenvalue weighted by Crippen LogP contribution is -2.41. The van der Waals surface area contributed by atoms with E-state index in [2.05, 4.69) is 47.8 Å². The van der Waals surface area contributed by atoms with Crippen molar-refractivity contribution in [2.24, 2.45) is 0 Å². The molecule has 2 aromatic rings. The second kappa shape index (κ2) is 10.7. The maximum absolute atomic E-state index is 12.6. The molecular weight excluding hydrogens is 372 g/mol. The second-order valence-corrected chi connectivity index (χ2v) is 8.17. The van der Waals surface area contributed by atoms with Crippen molar-refractivity contribution in [1.29, 1.82) is 0 Å². The minimum absolute atomic E-state index is 0.0240. The number of nitrogens with zero attached hydrogens (tertiary/aromatic N) is 3. The number of nitrogens with one attached hydrogen (secondary N) is 1. The molecule has 0 fully saturated rings. The van der Waals surface area contributed by atoms with Crippen LogP contribution in [0.1, 0.15) is 61.1 Å². The molecule has 0 aliphatic rings. The van der Waals surface area contributed by atoms with Gasteiger partial charge in [-0.15, -0.1) is 11.3 Å². The molecule has 7 heteroatoms. The lowest BCUT2D eigenvalue weighted by Gasteiger charge is -2.29. The number of carbonyl (C=O) groups excluding carboxylic acids is 1. The van der Waals surface area contributed by atoms with E-state index in [0.717, 1.165) is 36.0 Å². The zero-order valence-electron chi connectivity index (χ0n) is 18.0. The van der Waals surface area contributed by atoms with Gasteiger partial charge in [-0.2, -0.15) is 0 Å². The van der Waals surface area contributed by atoms with E-state index in [1.165, 1.54) is 4.88 Å². The molecule has 0 radical (unpaired) electrons. The van der Waals surface area contributed by atoms with Crippen LogP contribution in [0.4, 0.5) is 0 Å². The second-order valence-electron chi connectivity index (χ2n) is 7.06. The number of carbonyl (C=O) groups is 1. The van der Waals surface area contributed by atoms with Crippen molar-refractivity contribution < 1.29 is 9.21 Å². The first-order chi connectivity index (χ1) is 13.4. The number of aromatic nitrogens is 1. The number of amides is 1. The van der Waals surface area contributed by atoms with Gasteiger partial charge < -0.3 is 9.73 Å². The van der Waals surface area contributed by atoms with E-state index in [1.54, 1.807) is 17.6 Å². The monoisotopic (exact) mass is 406 g/mol. The van der Waals surface area contributed by atoms with Crippen LogP contribution in [0, 0.1) is 6.92 Å². The predicted molar refractivity (Wildman–Crippen MR) is 115 cm³/mol. The minimum atomic E-state index is 0.0240. The summed E-state index contributed by atoms with van der Waals surface area (Å²) in [5.74, 6) is 0.911. The normalized spacial score (nSPS) is 13.9. The van der Waals surface area contributed by atoms with E-state index in [9.17, 15) is 4.79 Å². The van der Waals surface area contributed by atoms with Gasteiger partial charge in [0.05, 0.1) is 29.6 Å². The molecule has 2 heterocycles. The SMILES string of the molecule is CCc1nc(C)c([C@@H](C)N(C)CC(=O)NC[C@H](c2ccco2)N(CC)CC)s1. The first kappa shape index (κ1) is 22.6. The van der Waals surface area contributed by atoms with E-state index in [4.69, 9.17) is 4.42 Å². The van der Waals surface area contributed by atoms with Gasteiger partial charge in [-0.1, -0.05) is 20.8 Å². The van der Waals surface area contributed by atoms with Crippen molar-refractivity contribution in [1.82, 2.24) is 20.1 Å². The number of rotatable bonds is 11. The number of thiazole rings is 1. The van der Waals surface area contributed by atoms with Crippen LogP contribution in [0.2, 0.25) is 0 Å². The minimum Gasteiger partial charge on any atom is -0.468 e. The summed E-state index contributed by atoms with van der Waals surface area (Å²) in [5.41, 5.74) is 1.07. The number of hydrogen-bond acceptors (Lipinski definition) is 6. The molecule has 0 saturated carbocycles. The fourth-order valence-electron chi connectivity index (χ4n) is 3.39. The number of furan rings is 1. The third kappa shape index (κ3) is 5.65. The lowest BCUT2D eigenvalue weighted by atomic mass is 10.2. The topological polar surface area (TPSA) is 61.6 Å². The molecule has 1 amide bonds. The van der Waals surface area contributed by atoms with Gasteiger partial charge in [-0.3, -0.25) is 14.6 Å². The van der Waals surface area contributed by atoms with E-state index < -0.39 is 0 Å². The van der Waals surface area contributed by atoms with Crippen LogP contribution < -0.4 is 5.32 Å². The first-order valence-electron chi connectivity index (χ1n) is 10.1. The summed E-state index contributed by atoms with van der Waals surface area (Å²) in [5, 5.41) is 4.24. The Labute approximate surface area is 172 Å². The number of likely N-dealkylation sites (N-methyl/N-ethyl adjacent to an activating group) is 2. The smallest absolute Gasteiger partial charge is 0.234 e. The summed E-state index contributed by atoms with van der Waals surface area (Å²) in [6.07, 6.45) is 2.63.